The second-order valence-corrected chi connectivity index (χ2v) is 7.08. The van der Waals surface area contributed by atoms with Gasteiger partial charge in [0, 0.05) is 31.4 Å². The molecule has 156 valence electrons. The molecular formula is C21H24FN7O. The summed E-state index contributed by atoms with van der Waals surface area (Å²) in [6, 6.07) is 6.39. The van der Waals surface area contributed by atoms with Gasteiger partial charge in [-0.2, -0.15) is 10.1 Å². The van der Waals surface area contributed by atoms with Gasteiger partial charge in [0.1, 0.15) is 11.5 Å². The summed E-state index contributed by atoms with van der Waals surface area (Å²) >= 11 is 0. The minimum absolute atomic E-state index is 0.0599. The number of benzene rings is 1. The highest BCUT2D eigenvalue weighted by Gasteiger charge is 2.29. The molecule has 0 radical (unpaired) electrons. The van der Waals surface area contributed by atoms with Crippen LogP contribution >= 0.6 is 0 Å². The van der Waals surface area contributed by atoms with Gasteiger partial charge in [0.15, 0.2) is 5.82 Å². The summed E-state index contributed by atoms with van der Waals surface area (Å²) < 4.78 is 14.8. The maximum Gasteiger partial charge on any atom is 0.246 e. The van der Waals surface area contributed by atoms with E-state index in [-0.39, 0.29) is 11.7 Å². The van der Waals surface area contributed by atoms with Crippen LogP contribution in [0.2, 0.25) is 0 Å². The van der Waals surface area contributed by atoms with E-state index >= 15 is 0 Å². The maximum absolute atomic E-state index is 13.0. The first-order valence-electron chi connectivity index (χ1n) is 9.99. The Labute approximate surface area is 174 Å². The van der Waals surface area contributed by atoms with Crippen LogP contribution in [0.1, 0.15) is 25.0 Å². The van der Waals surface area contributed by atoms with E-state index in [1.165, 1.54) is 12.1 Å². The van der Waals surface area contributed by atoms with Crippen LogP contribution in [0.3, 0.4) is 0 Å². The topological polar surface area (TPSA) is 79.2 Å². The number of hydrogen-bond donors (Lipinski definition) is 1. The van der Waals surface area contributed by atoms with Gasteiger partial charge in [0.25, 0.3) is 0 Å². The summed E-state index contributed by atoms with van der Waals surface area (Å²) in [5.74, 6) is 1.08. The van der Waals surface area contributed by atoms with Gasteiger partial charge in [-0.05, 0) is 31.5 Å². The molecule has 3 heterocycles. The molecule has 0 saturated carbocycles. The summed E-state index contributed by atoms with van der Waals surface area (Å²) in [4.78, 5) is 25.0. The molecule has 0 bridgehead atoms. The van der Waals surface area contributed by atoms with E-state index in [0.717, 1.165) is 22.6 Å². The minimum atomic E-state index is -0.248. The number of rotatable bonds is 7. The van der Waals surface area contributed by atoms with Gasteiger partial charge in [0.05, 0.1) is 25.5 Å². The van der Waals surface area contributed by atoms with Crippen molar-refractivity contribution in [2.75, 3.05) is 34.8 Å². The lowest BCUT2D eigenvalue weighted by Gasteiger charge is -2.35. The Morgan fingerprint density at radius 1 is 1.10 bits per heavy atom. The smallest absolute Gasteiger partial charge is 0.246 e. The zero-order chi connectivity index (χ0) is 21.1. The third-order valence-electron chi connectivity index (χ3n) is 5.06. The molecule has 0 saturated heterocycles. The van der Waals surface area contributed by atoms with Crippen LogP contribution in [0.5, 0.6) is 0 Å². The summed E-state index contributed by atoms with van der Waals surface area (Å²) in [5, 5.41) is 7.59. The highest BCUT2D eigenvalue weighted by molar-refractivity contribution is 6.02. The zero-order valence-corrected chi connectivity index (χ0v) is 17.0. The third kappa shape index (κ3) is 4.10. The first kappa shape index (κ1) is 19.8. The lowest BCUT2D eigenvalue weighted by molar-refractivity contribution is -0.117. The number of amides is 1. The molecule has 1 aromatic carbocycles. The summed E-state index contributed by atoms with van der Waals surface area (Å²) in [6.45, 7) is 6.65. The molecule has 9 heteroatoms. The first-order chi connectivity index (χ1) is 14.6. The average Bonchev–Trinajstić information content (AvgIpc) is 3.20. The van der Waals surface area contributed by atoms with Crippen molar-refractivity contribution in [1.82, 2.24) is 19.7 Å². The molecule has 0 unspecified atom stereocenters. The SMILES string of the molecule is CCN1CC(=O)N(CC)c2cnc(NCc3cnn(Cc4ccc(F)cc4)c3)nc21. The number of aromatic nitrogens is 4. The highest BCUT2D eigenvalue weighted by atomic mass is 19.1. The minimum Gasteiger partial charge on any atom is -0.350 e. The molecule has 0 aliphatic carbocycles. The Kier molecular flexibility index (Phi) is 5.60. The van der Waals surface area contributed by atoms with Gasteiger partial charge in [-0.1, -0.05) is 12.1 Å². The van der Waals surface area contributed by atoms with Crippen molar-refractivity contribution in [2.45, 2.75) is 26.9 Å². The van der Waals surface area contributed by atoms with Crippen LogP contribution < -0.4 is 15.1 Å². The Balaban J connectivity index is 1.44. The molecule has 3 aromatic rings. The van der Waals surface area contributed by atoms with Gasteiger partial charge in [0.2, 0.25) is 11.9 Å². The second kappa shape index (κ2) is 8.48. The lowest BCUT2D eigenvalue weighted by Crippen LogP contribution is -2.46. The number of halogens is 1. The maximum atomic E-state index is 13.0. The number of nitrogens with one attached hydrogen (secondary N) is 1. The van der Waals surface area contributed by atoms with Crippen molar-refractivity contribution in [1.29, 1.82) is 0 Å². The van der Waals surface area contributed by atoms with Crippen LogP contribution in [-0.2, 0) is 17.9 Å². The van der Waals surface area contributed by atoms with Crippen LogP contribution in [0.15, 0.2) is 42.9 Å². The molecule has 0 fully saturated rings. The molecular weight excluding hydrogens is 385 g/mol. The van der Waals surface area contributed by atoms with E-state index in [1.807, 2.05) is 29.6 Å². The van der Waals surface area contributed by atoms with Crippen molar-refractivity contribution in [3.63, 3.8) is 0 Å². The Morgan fingerprint density at radius 3 is 2.63 bits per heavy atom. The van der Waals surface area contributed by atoms with E-state index < -0.39 is 0 Å². The van der Waals surface area contributed by atoms with Crippen LogP contribution in [0.25, 0.3) is 0 Å². The average molecular weight is 409 g/mol. The fourth-order valence-corrected chi connectivity index (χ4v) is 3.48. The van der Waals surface area contributed by atoms with Crippen molar-refractivity contribution in [2.24, 2.45) is 0 Å². The fraction of sp³-hybridized carbons (Fsp3) is 0.333. The van der Waals surface area contributed by atoms with Crippen molar-refractivity contribution < 1.29 is 9.18 Å². The number of carbonyl (C=O) groups excluding carboxylic acids is 1. The van der Waals surface area contributed by atoms with Crippen LogP contribution in [0.4, 0.5) is 21.8 Å². The van der Waals surface area contributed by atoms with Crippen molar-refractivity contribution in [3.8, 4) is 0 Å². The van der Waals surface area contributed by atoms with E-state index in [0.29, 0.717) is 38.7 Å². The number of anilines is 3. The predicted molar refractivity (Wildman–Crippen MR) is 113 cm³/mol. The van der Waals surface area contributed by atoms with E-state index in [2.05, 4.69) is 20.4 Å². The lowest BCUT2D eigenvalue weighted by atomic mass is 10.2. The summed E-state index contributed by atoms with van der Waals surface area (Å²) in [5.41, 5.74) is 2.70. The number of likely N-dealkylation sites (N-methyl/N-ethyl adjacent to an activating group) is 2. The first-order valence-corrected chi connectivity index (χ1v) is 9.99. The Bertz CT molecular complexity index is 1030. The molecule has 4 rings (SSSR count). The molecule has 0 atom stereocenters. The van der Waals surface area contributed by atoms with Gasteiger partial charge in [-0.15, -0.1) is 0 Å². The monoisotopic (exact) mass is 409 g/mol. The molecule has 0 spiro atoms. The number of fused-ring (bicyclic) bond motifs is 1. The molecule has 30 heavy (non-hydrogen) atoms. The largest absolute Gasteiger partial charge is 0.350 e. The van der Waals surface area contributed by atoms with Crippen molar-refractivity contribution in [3.05, 3.63) is 59.8 Å². The fourth-order valence-electron chi connectivity index (χ4n) is 3.48. The van der Waals surface area contributed by atoms with Gasteiger partial charge in [-0.3, -0.25) is 9.48 Å². The molecule has 1 aliphatic rings. The van der Waals surface area contributed by atoms with E-state index in [9.17, 15) is 9.18 Å². The summed E-state index contributed by atoms with van der Waals surface area (Å²) in [6.07, 6.45) is 5.42. The van der Waals surface area contributed by atoms with Gasteiger partial charge >= 0.3 is 0 Å². The molecule has 1 aliphatic heterocycles. The quantitative estimate of drug-likeness (QED) is 0.646. The van der Waals surface area contributed by atoms with Crippen LogP contribution in [-0.4, -0.2) is 45.3 Å². The van der Waals surface area contributed by atoms with E-state index in [4.69, 9.17) is 0 Å². The highest BCUT2D eigenvalue weighted by Crippen LogP contribution is 2.31. The number of carbonyl (C=O) groups is 1. The zero-order valence-electron chi connectivity index (χ0n) is 17.0. The van der Waals surface area contributed by atoms with Crippen LogP contribution in [0, 0.1) is 5.82 Å². The summed E-state index contributed by atoms with van der Waals surface area (Å²) in [7, 11) is 0. The second-order valence-electron chi connectivity index (χ2n) is 7.08. The molecule has 1 N–H and O–H groups in total. The van der Waals surface area contributed by atoms with Gasteiger partial charge < -0.3 is 15.1 Å². The van der Waals surface area contributed by atoms with Gasteiger partial charge in [-0.25, -0.2) is 9.37 Å². The predicted octanol–water partition coefficient (Wildman–Crippen LogP) is 2.67. The Hall–Kier alpha value is -3.49. The van der Waals surface area contributed by atoms with E-state index in [1.54, 1.807) is 29.4 Å². The molecule has 2 aromatic heterocycles. The third-order valence-corrected chi connectivity index (χ3v) is 5.06. The molecule has 8 nitrogen and oxygen atoms in total. The molecule has 1 amide bonds. The number of hydrogen-bond acceptors (Lipinski definition) is 6. The standard InChI is InChI=1S/C21H24FN7O/c1-3-27-14-19(30)29(4-2)18-11-24-21(26-20(18)27)23-9-16-10-25-28(13-16)12-15-5-7-17(22)8-6-15/h5-8,10-11,13H,3-4,9,12,14H2,1-2H3,(H,23,24,26). The Morgan fingerprint density at radius 2 is 1.90 bits per heavy atom. The normalized spacial score (nSPS) is 13.5. The number of nitrogens with zero attached hydrogens (tertiary/aromatic N) is 6. The van der Waals surface area contributed by atoms with Crippen molar-refractivity contribution >= 4 is 23.4 Å².